The highest BCUT2D eigenvalue weighted by Gasteiger charge is 2.32. The van der Waals surface area contributed by atoms with Crippen LogP contribution < -0.4 is 10.6 Å². The molecular formula is C10H18N2O2. The molecule has 0 aromatic rings. The number of carbonyl (C=O) groups excluding carboxylic acids is 1. The third-order valence-corrected chi connectivity index (χ3v) is 3.22. The van der Waals surface area contributed by atoms with Crippen molar-refractivity contribution in [1.82, 2.24) is 10.6 Å². The summed E-state index contributed by atoms with van der Waals surface area (Å²) in [6.07, 6.45) is 4.64. The molecule has 1 aliphatic heterocycles. The lowest BCUT2D eigenvalue weighted by molar-refractivity contribution is -0.121. The molecule has 4 nitrogen and oxygen atoms in total. The summed E-state index contributed by atoms with van der Waals surface area (Å²) in [6, 6.07) is 0.379. The first-order chi connectivity index (χ1) is 6.81. The third kappa shape index (κ3) is 1.91. The van der Waals surface area contributed by atoms with Crippen LogP contribution in [-0.2, 0) is 9.53 Å². The number of methoxy groups -OCH3 is 1. The van der Waals surface area contributed by atoms with Crippen LogP contribution in [0.1, 0.15) is 25.7 Å². The van der Waals surface area contributed by atoms with E-state index in [-0.39, 0.29) is 11.9 Å². The molecule has 1 saturated carbocycles. The minimum absolute atomic E-state index is 0.00995. The summed E-state index contributed by atoms with van der Waals surface area (Å²) in [5.41, 5.74) is 0. The quantitative estimate of drug-likeness (QED) is 0.673. The van der Waals surface area contributed by atoms with E-state index in [2.05, 4.69) is 10.6 Å². The minimum atomic E-state index is 0.00995. The van der Waals surface area contributed by atoms with Gasteiger partial charge in [-0.05, 0) is 25.7 Å². The topological polar surface area (TPSA) is 50.4 Å². The number of nitrogens with one attached hydrogen (secondary N) is 2. The maximum Gasteiger partial charge on any atom is 0.237 e. The first kappa shape index (κ1) is 9.93. The van der Waals surface area contributed by atoms with Crippen molar-refractivity contribution in [2.45, 2.75) is 43.9 Å². The Hall–Kier alpha value is -0.610. The molecule has 80 valence electrons. The molecule has 2 aliphatic rings. The zero-order valence-electron chi connectivity index (χ0n) is 8.58. The Balaban J connectivity index is 1.86. The van der Waals surface area contributed by atoms with Crippen LogP contribution >= 0.6 is 0 Å². The van der Waals surface area contributed by atoms with Gasteiger partial charge in [-0.25, -0.2) is 0 Å². The molecule has 0 aromatic heterocycles. The molecule has 4 heteroatoms. The summed E-state index contributed by atoms with van der Waals surface area (Å²) in [7, 11) is 1.75. The Kier molecular flexibility index (Phi) is 3.03. The van der Waals surface area contributed by atoms with Crippen LogP contribution in [0.4, 0.5) is 0 Å². The second kappa shape index (κ2) is 4.28. The van der Waals surface area contributed by atoms with Gasteiger partial charge in [-0.2, -0.15) is 0 Å². The lowest BCUT2D eigenvalue weighted by atomic mass is 10.1. The zero-order valence-corrected chi connectivity index (χ0v) is 8.58. The van der Waals surface area contributed by atoms with E-state index < -0.39 is 0 Å². The first-order valence-electron chi connectivity index (χ1n) is 5.38. The van der Waals surface area contributed by atoms with Gasteiger partial charge in [0.1, 0.15) is 0 Å². The van der Waals surface area contributed by atoms with Crippen LogP contribution in [0.2, 0.25) is 0 Å². The summed E-state index contributed by atoms with van der Waals surface area (Å²) in [5.74, 6) is 0.145. The number of hydrogen-bond donors (Lipinski definition) is 2. The molecule has 0 aromatic carbocycles. The molecule has 14 heavy (non-hydrogen) atoms. The highest BCUT2D eigenvalue weighted by Crippen LogP contribution is 2.22. The van der Waals surface area contributed by atoms with E-state index in [4.69, 9.17) is 4.74 Å². The molecule has 0 bridgehead atoms. The fourth-order valence-electron chi connectivity index (χ4n) is 2.41. The SMILES string of the molecule is COC1CCCC1NC1CCNC1=O. The second-order valence-electron chi connectivity index (χ2n) is 4.11. The Bertz CT molecular complexity index is 220. The summed E-state index contributed by atoms with van der Waals surface area (Å²) in [5, 5.41) is 6.23. The standard InChI is InChI=1S/C10H18N2O2/c1-14-9-4-2-3-7(9)12-8-5-6-11-10(8)13/h7-9,12H,2-6H2,1H3,(H,11,13). The van der Waals surface area contributed by atoms with Crippen LogP contribution in [0.5, 0.6) is 0 Å². The molecule has 0 radical (unpaired) electrons. The predicted octanol–water partition coefficient (Wildman–Crippen LogP) is 0.0320. The Morgan fingerprint density at radius 1 is 1.43 bits per heavy atom. The van der Waals surface area contributed by atoms with E-state index in [9.17, 15) is 4.79 Å². The smallest absolute Gasteiger partial charge is 0.237 e. The van der Waals surface area contributed by atoms with Crippen molar-refractivity contribution in [3.63, 3.8) is 0 Å². The van der Waals surface area contributed by atoms with E-state index in [0.29, 0.717) is 12.1 Å². The molecule has 3 unspecified atom stereocenters. The van der Waals surface area contributed by atoms with Crippen molar-refractivity contribution < 1.29 is 9.53 Å². The molecule has 1 heterocycles. The first-order valence-corrected chi connectivity index (χ1v) is 5.38. The van der Waals surface area contributed by atoms with Gasteiger partial charge < -0.3 is 15.4 Å². The van der Waals surface area contributed by atoms with Crippen molar-refractivity contribution >= 4 is 5.91 Å². The number of amides is 1. The van der Waals surface area contributed by atoms with Gasteiger partial charge in [0.05, 0.1) is 12.1 Å². The maximum atomic E-state index is 11.3. The number of hydrogen-bond acceptors (Lipinski definition) is 3. The van der Waals surface area contributed by atoms with Crippen LogP contribution in [0.25, 0.3) is 0 Å². The van der Waals surface area contributed by atoms with Gasteiger partial charge in [0.2, 0.25) is 5.91 Å². The molecule has 2 N–H and O–H groups in total. The monoisotopic (exact) mass is 198 g/mol. The normalized spacial score (nSPS) is 37.5. The fraction of sp³-hybridized carbons (Fsp3) is 0.900. The van der Waals surface area contributed by atoms with E-state index >= 15 is 0 Å². The molecule has 1 saturated heterocycles. The van der Waals surface area contributed by atoms with E-state index in [1.165, 1.54) is 6.42 Å². The van der Waals surface area contributed by atoms with E-state index in [1.807, 2.05) is 0 Å². The van der Waals surface area contributed by atoms with Gasteiger partial charge in [0.25, 0.3) is 0 Å². The number of carbonyl (C=O) groups is 1. The van der Waals surface area contributed by atoms with Gasteiger partial charge >= 0.3 is 0 Å². The third-order valence-electron chi connectivity index (χ3n) is 3.22. The van der Waals surface area contributed by atoms with Gasteiger partial charge in [-0.3, -0.25) is 4.79 Å². The average molecular weight is 198 g/mol. The fourth-order valence-corrected chi connectivity index (χ4v) is 2.41. The van der Waals surface area contributed by atoms with Crippen molar-refractivity contribution in [2.24, 2.45) is 0 Å². The number of ether oxygens (including phenoxy) is 1. The summed E-state index contributed by atoms with van der Waals surface area (Å²) < 4.78 is 5.38. The van der Waals surface area contributed by atoms with Crippen LogP contribution in [0.3, 0.4) is 0 Å². The Morgan fingerprint density at radius 2 is 2.29 bits per heavy atom. The maximum absolute atomic E-state index is 11.3. The van der Waals surface area contributed by atoms with Crippen molar-refractivity contribution in [2.75, 3.05) is 13.7 Å². The van der Waals surface area contributed by atoms with Crippen molar-refractivity contribution in [3.8, 4) is 0 Å². The molecule has 1 amide bonds. The van der Waals surface area contributed by atoms with Crippen LogP contribution in [0.15, 0.2) is 0 Å². The Labute approximate surface area is 84.4 Å². The molecule has 3 atom stereocenters. The molecule has 1 aliphatic carbocycles. The largest absolute Gasteiger partial charge is 0.380 e. The predicted molar refractivity (Wildman–Crippen MR) is 53.0 cm³/mol. The van der Waals surface area contributed by atoms with Crippen molar-refractivity contribution in [1.29, 1.82) is 0 Å². The van der Waals surface area contributed by atoms with Gasteiger partial charge in [0, 0.05) is 19.7 Å². The Morgan fingerprint density at radius 3 is 2.93 bits per heavy atom. The summed E-state index contributed by atoms with van der Waals surface area (Å²) in [4.78, 5) is 11.3. The number of rotatable bonds is 3. The minimum Gasteiger partial charge on any atom is -0.380 e. The molecular weight excluding hydrogens is 180 g/mol. The van der Waals surface area contributed by atoms with Gasteiger partial charge in [-0.1, -0.05) is 0 Å². The van der Waals surface area contributed by atoms with Crippen LogP contribution in [-0.4, -0.2) is 37.7 Å². The van der Waals surface area contributed by atoms with Gasteiger partial charge in [0.15, 0.2) is 0 Å². The zero-order chi connectivity index (χ0) is 9.97. The van der Waals surface area contributed by atoms with E-state index in [0.717, 1.165) is 25.8 Å². The summed E-state index contributed by atoms with van der Waals surface area (Å²) >= 11 is 0. The molecule has 2 rings (SSSR count). The van der Waals surface area contributed by atoms with Gasteiger partial charge in [-0.15, -0.1) is 0 Å². The van der Waals surface area contributed by atoms with Crippen LogP contribution in [0, 0.1) is 0 Å². The lowest BCUT2D eigenvalue weighted by Gasteiger charge is -2.22. The highest BCUT2D eigenvalue weighted by atomic mass is 16.5. The average Bonchev–Trinajstić information content (AvgIpc) is 2.77. The highest BCUT2D eigenvalue weighted by molar-refractivity contribution is 5.83. The van der Waals surface area contributed by atoms with E-state index in [1.54, 1.807) is 7.11 Å². The lowest BCUT2D eigenvalue weighted by Crippen LogP contribution is -2.46. The summed E-state index contributed by atoms with van der Waals surface area (Å²) in [6.45, 7) is 0.806. The molecule has 2 fully saturated rings. The van der Waals surface area contributed by atoms with Crippen molar-refractivity contribution in [3.05, 3.63) is 0 Å². The molecule has 0 spiro atoms. The second-order valence-corrected chi connectivity index (χ2v) is 4.11.